The Hall–Kier alpha value is -3.38. The molecule has 0 aliphatic carbocycles. The highest BCUT2D eigenvalue weighted by atomic mass is 32.2. The normalized spacial score (nSPS) is 17.1. The summed E-state index contributed by atoms with van der Waals surface area (Å²) >= 11 is 0. The first kappa shape index (κ1) is 20.4. The van der Waals surface area contributed by atoms with Crippen molar-refractivity contribution in [2.75, 3.05) is 18.1 Å². The predicted octanol–water partition coefficient (Wildman–Crippen LogP) is 1.62. The standard InChI is InChI=1S/C20H19N3O5S/c21-11-14-1-3-15(4-2-14)16-5-7-18(8-6-16)28-12-19(24)23-20(25)22-17-9-10-29(26,27)13-17/h1-8,17H,9-10,12-13H2,(H2,22,23,24,25)/t17-/m1/s1. The number of nitriles is 1. The summed E-state index contributed by atoms with van der Waals surface area (Å²) in [5.74, 6) is -0.260. The molecule has 9 heteroatoms. The zero-order valence-electron chi connectivity index (χ0n) is 15.4. The Bertz CT molecular complexity index is 1040. The first-order valence-corrected chi connectivity index (χ1v) is 10.7. The first-order chi connectivity index (χ1) is 13.8. The molecule has 2 aromatic rings. The van der Waals surface area contributed by atoms with Crippen LogP contribution in [0.15, 0.2) is 48.5 Å². The van der Waals surface area contributed by atoms with E-state index in [0.717, 1.165) is 11.1 Å². The second-order valence-electron chi connectivity index (χ2n) is 6.62. The smallest absolute Gasteiger partial charge is 0.321 e. The summed E-state index contributed by atoms with van der Waals surface area (Å²) in [5.41, 5.74) is 2.45. The number of amides is 3. The number of urea groups is 1. The molecule has 0 aromatic heterocycles. The summed E-state index contributed by atoms with van der Waals surface area (Å²) in [4.78, 5) is 23.6. The Morgan fingerprint density at radius 3 is 2.24 bits per heavy atom. The molecule has 29 heavy (non-hydrogen) atoms. The van der Waals surface area contributed by atoms with Crippen molar-refractivity contribution >= 4 is 21.8 Å². The predicted molar refractivity (Wildman–Crippen MR) is 106 cm³/mol. The van der Waals surface area contributed by atoms with E-state index in [1.807, 2.05) is 24.3 Å². The molecule has 1 heterocycles. The fourth-order valence-electron chi connectivity index (χ4n) is 2.92. The maximum Gasteiger partial charge on any atom is 0.321 e. The zero-order chi connectivity index (χ0) is 20.9. The molecule has 0 spiro atoms. The topological polar surface area (TPSA) is 125 Å². The third-order valence-electron chi connectivity index (χ3n) is 4.39. The van der Waals surface area contributed by atoms with Crippen LogP contribution in [0.4, 0.5) is 4.79 Å². The van der Waals surface area contributed by atoms with Gasteiger partial charge in [-0.1, -0.05) is 24.3 Å². The highest BCUT2D eigenvalue weighted by Crippen LogP contribution is 2.22. The van der Waals surface area contributed by atoms with Crippen molar-refractivity contribution in [2.45, 2.75) is 12.5 Å². The molecule has 2 aromatic carbocycles. The number of carbonyl (C=O) groups is 2. The van der Waals surface area contributed by atoms with Crippen LogP contribution in [0.2, 0.25) is 0 Å². The van der Waals surface area contributed by atoms with Gasteiger partial charge in [-0.25, -0.2) is 13.2 Å². The molecule has 0 radical (unpaired) electrons. The van der Waals surface area contributed by atoms with Crippen LogP contribution in [0.3, 0.4) is 0 Å². The van der Waals surface area contributed by atoms with E-state index in [1.165, 1.54) is 0 Å². The van der Waals surface area contributed by atoms with E-state index in [4.69, 9.17) is 10.00 Å². The molecule has 0 bridgehead atoms. The van der Waals surface area contributed by atoms with Gasteiger partial charge in [0.15, 0.2) is 16.4 Å². The fraction of sp³-hybridized carbons (Fsp3) is 0.250. The zero-order valence-corrected chi connectivity index (χ0v) is 16.2. The fourth-order valence-corrected chi connectivity index (χ4v) is 4.60. The van der Waals surface area contributed by atoms with Gasteiger partial charge in [-0.3, -0.25) is 10.1 Å². The molecule has 3 rings (SSSR count). The lowest BCUT2D eigenvalue weighted by atomic mass is 10.0. The molecule has 1 atom stereocenters. The molecule has 1 aliphatic rings. The molecular formula is C20H19N3O5S. The quantitative estimate of drug-likeness (QED) is 0.767. The van der Waals surface area contributed by atoms with Gasteiger partial charge in [0.25, 0.3) is 5.91 Å². The average molecular weight is 413 g/mol. The minimum absolute atomic E-state index is 0.0352. The largest absolute Gasteiger partial charge is 0.484 e. The summed E-state index contributed by atoms with van der Waals surface area (Å²) in [6.45, 7) is -0.355. The first-order valence-electron chi connectivity index (χ1n) is 8.89. The van der Waals surface area contributed by atoms with Crippen molar-refractivity contribution < 1.29 is 22.7 Å². The molecule has 0 unspecified atom stereocenters. The monoisotopic (exact) mass is 413 g/mol. The van der Waals surface area contributed by atoms with E-state index < -0.39 is 27.8 Å². The van der Waals surface area contributed by atoms with E-state index in [2.05, 4.69) is 16.7 Å². The Kier molecular flexibility index (Phi) is 6.14. The number of ether oxygens (including phenoxy) is 1. The van der Waals surface area contributed by atoms with E-state index in [1.54, 1.807) is 24.3 Å². The third-order valence-corrected chi connectivity index (χ3v) is 6.16. The van der Waals surface area contributed by atoms with Crippen LogP contribution in [0, 0.1) is 11.3 Å². The number of rotatable bonds is 5. The van der Waals surface area contributed by atoms with Crippen LogP contribution >= 0.6 is 0 Å². The lowest BCUT2D eigenvalue weighted by molar-refractivity contribution is -0.122. The molecule has 3 amide bonds. The summed E-state index contributed by atoms with van der Waals surface area (Å²) in [6.07, 6.45) is 0.339. The maximum absolute atomic E-state index is 11.8. The maximum atomic E-state index is 11.8. The van der Waals surface area contributed by atoms with Gasteiger partial charge in [-0.05, 0) is 41.8 Å². The van der Waals surface area contributed by atoms with E-state index in [0.29, 0.717) is 17.7 Å². The Balaban J connectivity index is 1.46. The SMILES string of the molecule is N#Cc1ccc(-c2ccc(OCC(=O)NC(=O)N[C@@H]3CCS(=O)(=O)C3)cc2)cc1. The molecule has 8 nitrogen and oxygen atoms in total. The van der Waals surface area contributed by atoms with E-state index in [9.17, 15) is 18.0 Å². The molecule has 0 saturated carbocycles. The van der Waals surface area contributed by atoms with Crippen molar-refractivity contribution in [3.05, 3.63) is 54.1 Å². The van der Waals surface area contributed by atoms with Gasteiger partial charge in [-0.2, -0.15) is 5.26 Å². The van der Waals surface area contributed by atoms with Crippen molar-refractivity contribution in [3.63, 3.8) is 0 Å². The summed E-state index contributed by atoms with van der Waals surface area (Å²) < 4.78 is 28.1. The molecule has 1 fully saturated rings. The van der Waals surface area contributed by atoms with Crippen LogP contribution in [0.25, 0.3) is 11.1 Å². The van der Waals surface area contributed by atoms with Crippen LogP contribution in [0.1, 0.15) is 12.0 Å². The van der Waals surface area contributed by atoms with Gasteiger partial charge in [0.2, 0.25) is 0 Å². The van der Waals surface area contributed by atoms with Crippen molar-refractivity contribution in [2.24, 2.45) is 0 Å². The molecule has 150 valence electrons. The second kappa shape index (κ2) is 8.75. The summed E-state index contributed by atoms with van der Waals surface area (Å²) in [5, 5.41) is 13.4. The number of hydrogen-bond acceptors (Lipinski definition) is 6. The number of nitrogens with zero attached hydrogens (tertiary/aromatic N) is 1. The van der Waals surface area contributed by atoms with Gasteiger partial charge in [0.1, 0.15) is 5.75 Å². The Morgan fingerprint density at radius 1 is 1.07 bits per heavy atom. The highest BCUT2D eigenvalue weighted by Gasteiger charge is 2.29. The molecular weight excluding hydrogens is 394 g/mol. The minimum atomic E-state index is -3.11. The lowest BCUT2D eigenvalue weighted by Gasteiger charge is -2.12. The Morgan fingerprint density at radius 2 is 1.69 bits per heavy atom. The van der Waals surface area contributed by atoms with Crippen LogP contribution in [-0.4, -0.2) is 44.5 Å². The highest BCUT2D eigenvalue weighted by molar-refractivity contribution is 7.91. The van der Waals surface area contributed by atoms with Gasteiger partial charge >= 0.3 is 6.03 Å². The van der Waals surface area contributed by atoms with Gasteiger partial charge in [-0.15, -0.1) is 0 Å². The number of benzene rings is 2. The minimum Gasteiger partial charge on any atom is -0.484 e. The number of hydrogen-bond donors (Lipinski definition) is 2. The van der Waals surface area contributed by atoms with Crippen LogP contribution < -0.4 is 15.4 Å². The lowest BCUT2D eigenvalue weighted by Crippen LogP contribution is -2.46. The Labute approximate surface area is 168 Å². The molecule has 2 N–H and O–H groups in total. The van der Waals surface area contributed by atoms with Crippen molar-refractivity contribution in [1.82, 2.24) is 10.6 Å². The number of carbonyl (C=O) groups excluding carboxylic acids is 2. The number of nitrogens with one attached hydrogen (secondary N) is 2. The number of imide groups is 1. The van der Waals surface area contributed by atoms with Crippen molar-refractivity contribution in [1.29, 1.82) is 5.26 Å². The van der Waals surface area contributed by atoms with E-state index >= 15 is 0 Å². The second-order valence-corrected chi connectivity index (χ2v) is 8.85. The third kappa shape index (κ3) is 5.80. The van der Waals surface area contributed by atoms with E-state index in [-0.39, 0.29) is 18.1 Å². The molecule has 1 aliphatic heterocycles. The van der Waals surface area contributed by atoms with Crippen LogP contribution in [0.5, 0.6) is 5.75 Å². The summed E-state index contributed by atoms with van der Waals surface area (Å²) in [7, 11) is -3.11. The summed E-state index contributed by atoms with van der Waals surface area (Å²) in [6, 6.07) is 15.0. The van der Waals surface area contributed by atoms with Gasteiger partial charge in [0.05, 0.1) is 23.1 Å². The van der Waals surface area contributed by atoms with Crippen molar-refractivity contribution in [3.8, 4) is 22.9 Å². The van der Waals surface area contributed by atoms with Gasteiger partial charge in [0, 0.05) is 6.04 Å². The molecule has 1 saturated heterocycles. The van der Waals surface area contributed by atoms with Crippen LogP contribution in [-0.2, 0) is 14.6 Å². The van der Waals surface area contributed by atoms with Gasteiger partial charge < -0.3 is 10.1 Å². The number of sulfone groups is 1. The average Bonchev–Trinajstić information content (AvgIpc) is 3.05.